The molecule has 3 aromatic rings. The van der Waals surface area contributed by atoms with Gasteiger partial charge in [0.25, 0.3) is 5.91 Å². The third kappa shape index (κ3) is 4.04. The van der Waals surface area contributed by atoms with Gasteiger partial charge in [-0.15, -0.1) is 5.10 Å². The second-order valence-electron chi connectivity index (χ2n) is 5.47. The van der Waals surface area contributed by atoms with Crippen molar-refractivity contribution in [3.8, 4) is 5.69 Å². The van der Waals surface area contributed by atoms with Crippen molar-refractivity contribution in [1.82, 2.24) is 25.5 Å². The smallest absolute Gasteiger partial charge is 0.253 e. The summed E-state index contributed by atoms with van der Waals surface area (Å²) in [5, 5.41) is 16.6. The Morgan fingerprint density at radius 3 is 2.50 bits per heavy atom. The summed E-state index contributed by atoms with van der Waals surface area (Å²) < 4.78 is 1.50. The van der Waals surface area contributed by atoms with Crippen LogP contribution >= 0.6 is 11.6 Å². The molecule has 0 saturated carbocycles. The Labute approximate surface area is 154 Å². The second kappa shape index (κ2) is 7.75. The zero-order valence-electron chi connectivity index (χ0n) is 13.8. The van der Waals surface area contributed by atoms with E-state index in [4.69, 9.17) is 11.6 Å². The van der Waals surface area contributed by atoms with Crippen LogP contribution in [0.2, 0.25) is 5.02 Å². The Hall–Kier alpha value is -3.26. The average molecular weight is 371 g/mol. The van der Waals surface area contributed by atoms with Crippen LogP contribution in [0.15, 0.2) is 54.9 Å². The van der Waals surface area contributed by atoms with E-state index in [-0.39, 0.29) is 5.91 Å². The summed E-state index contributed by atoms with van der Waals surface area (Å²) in [6.07, 6.45) is 1.47. The van der Waals surface area contributed by atoms with Crippen molar-refractivity contribution in [2.75, 3.05) is 5.32 Å². The number of aromatic nitrogens is 4. The first-order valence-electron chi connectivity index (χ1n) is 7.74. The van der Waals surface area contributed by atoms with Gasteiger partial charge in [0.05, 0.1) is 16.3 Å². The topological polar surface area (TPSA) is 102 Å². The fourth-order valence-corrected chi connectivity index (χ4v) is 2.43. The largest absolute Gasteiger partial charge is 0.340 e. The molecular formula is C17H15ClN6O2. The summed E-state index contributed by atoms with van der Waals surface area (Å²) in [6, 6.07) is 12.9. The van der Waals surface area contributed by atoms with Crippen LogP contribution in [-0.2, 0) is 4.79 Å². The molecule has 2 aromatic carbocycles. The third-order valence-electron chi connectivity index (χ3n) is 3.61. The highest BCUT2D eigenvalue weighted by atomic mass is 35.5. The van der Waals surface area contributed by atoms with Gasteiger partial charge in [0.15, 0.2) is 0 Å². The molecule has 0 radical (unpaired) electrons. The predicted molar refractivity (Wildman–Crippen MR) is 96.2 cm³/mol. The molecule has 9 heteroatoms. The molecular weight excluding hydrogens is 356 g/mol. The van der Waals surface area contributed by atoms with E-state index < -0.39 is 11.9 Å². The van der Waals surface area contributed by atoms with Gasteiger partial charge in [-0.3, -0.25) is 9.59 Å². The number of carbonyl (C=O) groups is 2. The molecule has 0 aliphatic heterocycles. The van der Waals surface area contributed by atoms with Crippen LogP contribution in [0.4, 0.5) is 5.69 Å². The highest BCUT2D eigenvalue weighted by molar-refractivity contribution is 6.33. The SMILES string of the molecule is C[C@H](NC(=O)c1ccccc1Cl)C(=O)Nc1ccc(-n2cnnn2)cc1. The van der Waals surface area contributed by atoms with E-state index in [0.29, 0.717) is 16.3 Å². The molecule has 0 fully saturated rings. The number of rotatable bonds is 5. The van der Waals surface area contributed by atoms with E-state index >= 15 is 0 Å². The fraction of sp³-hybridized carbons (Fsp3) is 0.118. The Morgan fingerprint density at radius 2 is 1.85 bits per heavy atom. The first kappa shape index (κ1) is 17.6. The van der Waals surface area contributed by atoms with E-state index in [2.05, 4.69) is 26.2 Å². The maximum atomic E-state index is 12.3. The molecule has 0 bridgehead atoms. The van der Waals surface area contributed by atoms with Gasteiger partial charge in [-0.1, -0.05) is 23.7 Å². The summed E-state index contributed by atoms with van der Waals surface area (Å²) in [5.74, 6) is -0.757. The summed E-state index contributed by atoms with van der Waals surface area (Å²) in [7, 11) is 0. The Balaban J connectivity index is 1.60. The maximum Gasteiger partial charge on any atom is 0.253 e. The zero-order valence-corrected chi connectivity index (χ0v) is 14.5. The van der Waals surface area contributed by atoms with Gasteiger partial charge in [0.2, 0.25) is 5.91 Å². The van der Waals surface area contributed by atoms with Gasteiger partial charge in [-0.2, -0.15) is 0 Å². The molecule has 8 nitrogen and oxygen atoms in total. The van der Waals surface area contributed by atoms with Gasteiger partial charge in [-0.25, -0.2) is 4.68 Å². The fourth-order valence-electron chi connectivity index (χ4n) is 2.21. The number of hydrogen-bond donors (Lipinski definition) is 2. The molecule has 0 saturated heterocycles. The molecule has 0 aliphatic carbocycles. The molecule has 1 heterocycles. The van der Waals surface area contributed by atoms with E-state index in [1.54, 1.807) is 55.5 Å². The van der Waals surface area contributed by atoms with Crippen LogP contribution in [0.3, 0.4) is 0 Å². The molecule has 2 amide bonds. The normalized spacial score (nSPS) is 11.6. The number of amides is 2. The minimum atomic E-state index is -0.738. The van der Waals surface area contributed by atoms with Crippen LogP contribution in [0.25, 0.3) is 5.69 Å². The molecule has 132 valence electrons. The number of nitrogens with one attached hydrogen (secondary N) is 2. The first-order chi connectivity index (χ1) is 12.5. The Kier molecular flexibility index (Phi) is 5.23. The highest BCUT2D eigenvalue weighted by Crippen LogP contribution is 2.15. The molecule has 0 aliphatic rings. The molecule has 1 atom stereocenters. The number of anilines is 1. The predicted octanol–water partition coefficient (Wildman–Crippen LogP) is 2.07. The molecule has 26 heavy (non-hydrogen) atoms. The summed E-state index contributed by atoms with van der Waals surface area (Å²) in [4.78, 5) is 24.5. The monoisotopic (exact) mass is 370 g/mol. The van der Waals surface area contributed by atoms with E-state index in [0.717, 1.165) is 5.69 Å². The van der Waals surface area contributed by atoms with Crippen molar-refractivity contribution in [3.05, 3.63) is 65.4 Å². The van der Waals surface area contributed by atoms with Crippen LogP contribution in [0, 0.1) is 0 Å². The number of benzene rings is 2. The van der Waals surface area contributed by atoms with Gasteiger partial charge in [0.1, 0.15) is 12.4 Å². The highest BCUT2D eigenvalue weighted by Gasteiger charge is 2.18. The Morgan fingerprint density at radius 1 is 1.12 bits per heavy atom. The van der Waals surface area contributed by atoms with Crippen LogP contribution < -0.4 is 10.6 Å². The lowest BCUT2D eigenvalue weighted by Crippen LogP contribution is -2.41. The van der Waals surface area contributed by atoms with Crippen molar-refractivity contribution in [3.63, 3.8) is 0 Å². The molecule has 2 N–H and O–H groups in total. The number of halogens is 1. The van der Waals surface area contributed by atoms with Crippen LogP contribution in [0.5, 0.6) is 0 Å². The minimum Gasteiger partial charge on any atom is -0.340 e. The number of hydrogen-bond acceptors (Lipinski definition) is 5. The van der Waals surface area contributed by atoms with Gasteiger partial charge >= 0.3 is 0 Å². The van der Waals surface area contributed by atoms with Crippen molar-refractivity contribution in [2.45, 2.75) is 13.0 Å². The standard InChI is InChI=1S/C17H15ClN6O2/c1-11(20-17(26)14-4-2-3-5-15(14)18)16(25)21-12-6-8-13(9-7-12)24-10-19-22-23-24/h2-11H,1H3,(H,20,26)(H,21,25)/t11-/m0/s1. The van der Waals surface area contributed by atoms with Crippen molar-refractivity contribution >= 4 is 29.1 Å². The van der Waals surface area contributed by atoms with E-state index in [9.17, 15) is 9.59 Å². The van der Waals surface area contributed by atoms with E-state index in [1.807, 2.05) is 0 Å². The Bertz CT molecular complexity index is 911. The lowest BCUT2D eigenvalue weighted by molar-refractivity contribution is -0.117. The average Bonchev–Trinajstić information content (AvgIpc) is 3.17. The van der Waals surface area contributed by atoms with Crippen molar-refractivity contribution in [2.24, 2.45) is 0 Å². The second-order valence-corrected chi connectivity index (χ2v) is 5.87. The van der Waals surface area contributed by atoms with Gasteiger partial charge in [0, 0.05) is 5.69 Å². The van der Waals surface area contributed by atoms with Gasteiger partial charge in [-0.05, 0) is 53.7 Å². The molecule has 0 unspecified atom stereocenters. The summed E-state index contributed by atoms with van der Waals surface area (Å²) in [6.45, 7) is 1.60. The van der Waals surface area contributed by atoms with Gasteiger partial charge < -0.3 is 10.6 Å². The van der Waals surface area contributed by atoms with Crippen molar-refractivity contribution in [1.29, 1.82) is 0 Å². The lowest BCUT2D eigenvalue weighted by atomic mass is 10.2. The molecule has 1 aromatic heterocycles. The zero-order chi connectivity index (χ0) is 18.5. The minimum absolute atomic E-state index is 0.319. The summed E-state index contributed by atoms with van der Waals surface area (Å²) in [5.41, 5.74) is 1.67. The first-order valence-corrected chi connectivity index (χ1v) is 8.12. The lowest BCUT2D eigenvalue weighted by Gasteiger charge is -2.15. The van der Waals surface area contributed by atoms with Crippen LogP contribution in [-0.4, -0.2) is 38.1 Å². The number of carbonyl (C=O) groups excluding carboxylic acids is 2. The van der Waals surface area contributed by atoms with Crippen LogP contribution in [0.1, 0.15) is 17.3 Å². The number of tetrazole rings is 1. The summed E-state index contributed by atoms with van der Waals surface area (Å²) >= 11 is 5.99. The van der Waals surface area contributed by atoms with E-state index in [1.165, 1.54) is 11.0 Å². The molecule has 3 rings (SSSR count). The molecule has 0 spiro atoms. The maximum absolute atomic E-state index is 12.3. The quantitative estimate of drug-likeness (QED) is 0.715. The van der Waals surface area contributed by atoms with Crippen molar-refractivity contribution < 1.29 is 9.59 Å². The number of nitrogens with zero attached hydrogens (tertiary/aromatic N) is 4. The third-order valence-corrected chi connectivity index (χ3v) is 3.94.